The van der Waals surface area contributed by atoms with Crippen LogP contribution in [-0.4, -0.2) is 67.2 Å². The van der Waals surface area contributed by atoms with Crippen LogP contribution in [0.4, 0.5) is 5.69 Å². The van der Waals surface area contributed by atoms with E-state index in [-0.39, 0.29) is 5.43 Å². The largest absolute Gasteiger partial charge is 0.492 e. The molecule has 44 heavy (non-hydrogen) atoms. The standard InChI is InChI=1S/C37H40N4O3/c42-34-26-35(27-9-2-1-3-10-27)44-36-25-28(15-16-31(34)36)43-24-23-41-21-19-40(20-22-41)18-8-17-38-37-29-11-4-6-13-32(29)39-33-14-7-5-12-30(33)37/h1-4,6,9-11,13,15-16,25-26H,5,7-8,12,14,17-24H2,(H,38,39). The first-order chi connectivity index (χ1) is 21.7. The first kappa shape index (κ1) is 28.6. The molecule has 0 radical (unpaired) electrons. The average Bonchev–Trinajstić information content (AvgIpc) is 3.07. The molecule has 1 saturated heterocycles. The van der Waals surface area contributed by atoms with Crippen molar-refractivity contribution in [3.05, 3.63) is 100 Å². The summed E-state index contributed by atoms with van der Waals surface area (Å²) < 4.78 is 12.2. The maximum Gasteiger partial charge on any atom is 0.193 e. The third kappa shape index (κ3) is 6.35. The van der Waals surface area contributed by atoms with Crippen LogP contribution >= 0.6 is 0 Å². The van der Waals surface area contributed by atoms with E-state index in [9.17, 15) is 4.79 Å². The molecule has 3 aromatic carbocycles. The van der Waals surface area contributed by atoms with E-state index in [4.69, 9.17) is 14.1 Å². The van der Waals surface area contributed by atoms with Crippen LogP contribution in [0.5, 0.6) is 5.75 Å². The van der Waals surface area contributed by atoms with Gasteiger partial charge in [-0.05, 0) is 62.4 Å². The average molecular weight is 589 g/mol. The van der Waals surface area contributed by atoms with Crippen LogP contribution in [-0.2, 0) is 12.8 Å². The van der Waals surface area contributed by atoms with Gasteiger partial charge in [-0.3, -0.25) is 14.7 Å². The fourth-order valence-electron chi connectivity index (χ4n) is 6.59. The number of nitrogens with zero attached hydrogens (tertiary/aromatic N) is 3. The maximum atomic E-state index is 12.7. The number of benzene rings is 3. The van der Waals surface area contributed by atoms with Crippen molar-refractivity contribution in [1.82, 2.24) is 14.8 Å². The number of nitrogens with one attached hydrogen (secondary N) is 1. The Balaban J connectivity index is 0.869. The smallest absolute Gasteiger partial charge is 0.193 e. The third-order valence-electron chi connectivity index (χ3n) is 9.02. The molecule has 1 N–H and O–H groups in total. The Morgan fingerprint density at radius 2 is 1.59 bits per heavy atom. The molecule has 0 spiro atoms. The van der Waals surface area contributed by atoms with Crippen molar-refractivity contribution in [1.29, 1.82) is 0 Å². The van der Waals surface area contributed by atoms with Gasteiger partial charge >= 0.3 is 0 Å². The van der Waals surface area contributed by atoms with E-state index in [1.54, 1.807) is 12.1 Å². The third-order valence-corrected chi connectivity index (χ3v) is 9.02. The van der Waals surface area contributed by atoms with Crippen molar-refractivity contribution in [2.45, 2.75) is 32.1 Å². The molecule has 226 valence electrons. The summed E-state index contributed by atoms with van der Waals surface area (Å²) in [6, 6.07) is 25.3. The van der Waals surface area contributed by atoms with E-state index in [0.717, 1.165) is 81.9 Å². The number of aromatic nitrogens is 1. The highest BCUT2D eigenvalue weighted by molar-refractivity contribution is 5.93. The van der Waals surface area contributed by atoms with Crippen LogP contribution in [0, 0.1) is 0 Å². The molecule has 1 fully saturated rings. The number of aryl methyl sites for hydroxylation is 1. The number of pyridine rings is 1. The molecule has 1 aliphatic heterocycles. The van der Waals surface area contributed by atoms with Gasteiger partial charge in [-0.15, -0.1) is 0 Å². The Morgan fingerprint density at radius 3 is 2.45 bits per heavy atom. The predicted octanol–water partition coefficient (Wildman–Crippen LogP) is 6.39. The minimum atomic E-state index is -0.0462. The molecule has 5 aromatic rings. The summed E-state index contributed by atoms with van der Waals surface area (Å²) >= 11 is 0. The Kier molecular flexibility index (Phi) is 8.57. The monoisotopic (exact) mass is 588 g/mol. The molecule has 2 aromatic heterocycles. The summed E-state index contributed by atoms with van der Waals surface area (Å²) in [5, 5.41) is 5.64. The van der Waals surface area contributed by atoms with E-state index in [0.29, 0.717) is 23.3 Å². The topological polar surface area (TPSA) is 70.8 Å². The highest BCUT2D eigenvalue weighted by Gasteiger charge is 2.19. The zero-order chi connectivity index (χ0) is 29.7. The van der Waals surface area contributed by atoms with Crippen LogP contribution < -0.4 is 15.5 Å². The lowest BCUT2D eigenvalue weighted by atomic mass is 9.92. The number of fused-ring (bicyclic) bond motifs is 3. The van der Waals surface area contributed by atoms with Crippen molar-refractivity contribution in [3.8, 4) is 17.1 Å². The number of anilines is 1. The molecule has 0 saturated carbocycles. The number of para-hydroxylation sites is 1. The second kappa shape index (κ2) is 13.2. The molecular formula is C37H40N4O3. The van der Waals surface area contributed by atoms with Crippen LogP contribution in [0.1, 0.15) is 30.5 Å². The second-order valence-corrected chi connectivity index (χ2v) is 11.9. The first-order valence-electron chi connectivity index (χ1n) is 16.1. The summed E-state index contributed by atoms with van der Waals surface area (Å²) in [5.41, 5.74) is 6.55. The van der Waals surface area contributed by atoms with Crippen molar-refractivity contribution < 1.29 is 9.15 Å². The minimum absolute atomic E-state index is 0.0462. The van der Waals surface area contributed by atoms with E-state index in [2.05, 4.69) is 39.4 Å². The molecule has 2 aliphatic rings. The number of hydrogen-bond acceptors (Lipinski definition) is 7. The summed E-state index contributed by atoms with van der Waals surface area (Å²) in [6.07, 6.45) is 5.86. The number of piperazine rings is 1. The summed E-state index contributed by atoms with van der Waals surface area (Å²) in [5.74, 6) is 1.29. The molecule has 3 heterocycles. The molecule has 7 nitrogen and oxygen atoms in total. The van der Waals surface area contributed by atoms with Gasteiger partial charge in [0.05, 0.1) is 10.9 Å². The Hall–Kier alpha value is -4.20. The van der Waals surface area contributed by atoms with Crippen molar-refractivity contribution >= 4 is 27.6 Å². The van der Waals surface area contributed by atoms with Crippen molar-refractivity contribution in [2.24, 2.45) is 0 Å². The Morgan fingerprint density at radius 1 is 0.818 bits per heavy atom. The van der Waals surface area contributed by atoms with Gasteiger partial charge in [-0.2, -0.15) is 0 Å². The normalized spacial score (nSPS) is 15.8. The zero-order valence-corrected chi connectivity index (χ0v) is 25.3. The van der Waals surface area contributed by atoms with Crippen molar-refractivity contribution in [2.75, 3.05) is 57.7 Å². The molecule has 7 rings (SSSR count). The van der Waals surface area contributed by atoms with Gasteiger partial charge in [0.2, 0.25) is 0 Å². The van der Waals surface area contributed by atoms with E-state index in [1.165, 1.54) is 35.2 Å². The van der Waals surface area contributed by atoms with Crippen LogP contribution in [0.3, 0.4) is 0 Å². The molecule has 0 amide bonds. The van der Waals surface area contributed by atoms with Crippen LogP contribution in [0.25, 0.3) is 33.2 Å². The molecule has 0 bridgehead atoms. The SMILES string of the molecule is O=c1cc(-c2ccccc2)oc2cc(OCCN3CCN(CCCNc4c5c(nc6ccccc46)CCCC5)CC3)ccc12. The molecule has 7 heteroatoms. The maximum absolute atomic E-state index is 12.7. The first-order valence-corrected chi connectivity index (χ1v) is 16.1. The lowest BCUT2D eigenvalue weighted by molar-refractivity contribution is 0.117. The Bertz CT molecular complexity index is 1790. The lowest BCUT2D eigenvalue weighted by Crippen LogP contribution is -2.47. The van der Waals surface area contributed by atoms with Gasteiger partial charge in [-0.1, -0.05) is 48.5 Å². The van der Waals surface area contributed by atoms with Gasteiger partial charge in [-0.25, -0.2) is 0 Å². The highest BCUT2D eigenvalue weighted by Crippen LogP contribution is 2.33. The molecule has 0 atom stereocenters. The van der Waals surface area contributed by atoms with Gasteiger partial charge in [0, 0.05) is 73.7 Å². The van der Waals surface area contributed by atoms with Gasteiger partial charge in [0.1, 0.15) is 23.7 Å². The highest BCUT2D eigenvalue weighted by atomic mass is 16.5. The summed E-state index contributed by atoms with van der Waals surface area (Å²) in [7, 11) is 0. The van der Waals surface area contributed by atoms with Gasteiger partial charge < -0.3 is 19.4 Å². The van der Waals surface area contributed by atoms with Gasteiger partial charge in [0.15, 0.2) is 5.43 Å². The predicted molar refractivity (Wildman–Crippen MR) is 178 cm³/mol. The van der Waals surface area contributed by atoms with E-state index in [1.807, 2.05) is 42.5 Å². The number of ether oxygens (including phenoxy) is 1. The second-order valence-electron chi connectivity index (χ2n) is 11.9. The van der Waals surface area contributed by atoms with Crippen molar-refractivity contribution in [3.63, 3.8) is 0 Å². The molecule has 1 aliphatic carbocycles. The van der Waals surface area contributed by atoms with E-state index < -0.39 is 0 Å². The molecule has 0 unspecified atom stereocenters. The fraction of sp³-hybridized carbons (Fsp3) is 0.351. The summed E-state index contributed by atoms with van der Waals surface area (Å²) in [6.45, 7) is 7.82. The molecular weight excluding hydrogens is 548 g/mol. The minimum Gasteiger partial charge on any atom is -0.492 e. The summed E-state index contributed by atoms with van der Waals surface area (Å²) in [4.78, 5) is 22.7. The lowest BCUT2D eigenvalue weighted by Gasteiger charge is -2.34. The van der Waals surface area contributed by atoms with E-state index >= 15 is 0 Å². The fourth-order valence-corrected chi connectivity index (χ4v) is 6.59. The number of hydrogen-bond donors (Lipinski definition) is 1. The number of rotatable bonds is 10. The Labute approximate surface area is 258 Å². The van der Waals surface area contributed by atoms with Crippen LogP contribution in [0.2, 0.25) is 0 Å². The zero-order valence-electron chi connectivity index (χ0n) is 25.3. The van der Waals surface area contributed by atoms with Crippen LogP contribution in [0.15, 0.2) is 88.1 Å². The quantitative estimate of drug-likeness (QED) is 0.190. The van der Waals surface area contributed by atoms with Gasteiger partial charge in [0.25, 0.3) is 0 Å².